The summed E-state index contributed by atoms with van der Waals surface area (Å²) in [5.74, 6) is -0.729. The van der Waals surface area contributed by atoms with E-state index in [9.17, 15) is 18.0 Å². The number of anilines is 1. The number of alkyl halides is 3. The Labute approximate surface area is 108 Å². The van der Waals surface area contributed by atoms with E-state index in [0.717, 1.165) is 12.1 Å². The first-order chi connectivity index (χ1) is 8.86. The molecule has 0 fully saturated rings. The summed E-state index contributed by atoms with van der Waals surface area (Å²) in [4.78, 5) is 11.8. The molecule has 2 rings (SSSR count). The SMILES string of the molecule is NC1C=CC(C(=O)Nc2cccc(C(F)(F)F)c2)C1. The van der Waals surface area contributed by atoms with Crippen molar-refractivity contribution in [2.75, 3.05) is 5.32 Å². The summed E-state index contributed by atoms with van der Waals surface area (Å²) >= 11 is 0. The average molecular weight is 270 g/mol. The highest BCUT2D eigenvalue weighted by Crippen LogP contribution is 2.31. The van der Waals surface area contributed by atoms with Gasteiger partial charge in [0.25, 0.3) is 0 Å². The number of carbonyl (C=O) groups excluding carboxylic acids is 1. The van der Waals surface area contributed by atoms with Crippen LogP contribution in [0.2, 0.25) is 0 Å². The molecule has 1 amide bonds. The van der Waals surface area contributed by atoms with Crippen LogP contribution in [0.5, 0.6) is 0 Å². The molecule has 1 aliphatic carbocycles. The third-order valence-electron chi connectivity index (χ3n) is 2.91. The largest absolute Gasteiger partial charge is 0.416 e. The monoisotopic (exact) mass is 270 g/mol. The molecule has 0 saturated heterocycles. The zero-order chi connectivity index (χ0) is 14.0. The molecule has 19 heavy (non-hydrogen) atoms. The highest BCUT2D eigenvalue weighted by Gasteiger charge is 2.30. The second kappa shape index (κ2) is 5.05. The number of rotatable bonds is 2. The minimum absolute atomic E-state index is 0.133. The molecule has 0 radical (unpaired) electrons. The smallest absolute Gasteiger partial charge is 0.326 e. The number of carbonyl (C=O) groups is 1. The first-order valence-electron chi connectivity index (χ1n) is 5.78. The molecule has 2 unspecified atom stereocenters. The highest BCUT2D eigenvalue weighted by atomic mass is 19.4. The summed E-state index contributed by atoms with van der Waals surface area (Å²) in [6, 6.07) is 4.38. The Kier molecular flexibility index (Phi) is 3.61. The standard InChI is InChI=1S/C13H13F3N2O/c14-13(15,16)9-2-1-3-11(7-9)18-12(19)8-4-5-10(17)6-8/h1-5,7-8,10H,6,17H2,(H,18,19). The Morgan fingerprint density at radius 1 is 1.32 bits per heavy atom. The number of nitrogens with two attached hydrogens (primary N) is 1. The van der Waals surface area contributed by atoms with Crippen molar-refractivity contribution < 1.29 is 18.0 Å². The van der Waals surface area contributed by atoms with Crippen molar-refractivity contribution in [3.8, 4) is 0 Å². The van der Waals surface area contributed by atoms with Crippen LogP contribution in [-0.2, 0) is 11.0 Å². The summed E-state index contributed by atoms with van der Waals surface area (Å²) < 4.78 is 37.6. The fourth-order valence-corrected chi connectivity index (χ4v) is 1.93. The minimum atomic E-state index is -4.42. The van der Waals surface area contributed by atoms with Crippen LogP contribution in [0.1, 0.15) is 12.0 Å². The molecule has 6 heteroatoms. The van der Waals surface area contributed by atoms with Gasteiger partial charge >= 0.3 is 6.18 Å². The van der Waals surface area contributed by atoms with Gasteiger partial charge in [0.2, 0.25) is 5.91 Å². The van der Waals surface area contributed by atoms with Gasteiger partial charge in [0.1, 0.15) is 0 Å². The van der Waals surface area contributed by atoms with Crippen LogP contribution in [0, 0.1) is 5.92 Å². The quantitative estimate of drug-likeness (QED) is 0.811. The maximum Gasteiger partial charge on any atom is 0.416 e. The van der Waals surface area contributed by atoms with E-state index in [4.69, 9.17) is 5.73 Å². The molecule has 0 spiro atoms. The Morgan fingerprint density at radius 3 is 2.63 bits per heavy atom. The van der Waals surface area contributed by atoms with E-state index in [0.29, 0.717) is 6.42 Å². The van der Waals surface area contributed by atoms with E-state index in [-0.39, 0.29) is 23.6 Å². The predicted molar refractivity (Wildman–Crippen MR) is 65.3 cm³/mol. The van der Waals surface area contributed by atoms with E-state index in [2.05, 4.69) is 5.32 Å². The van der Waals surface area contributed by atoms with Gasteiger partial charge in [0, 0.05) is 11.7 Å². The summed E-state index contributed by atoms with van der Waals surface area (Å²) in [5, 5.41) is 2.47. The Bertz CT molecular complexity index is 511. The molecule has 1 aromatic rings. The van der Waals surface area contributed by atoms with Crippen molar-refractivity contribution in [1.82, 2.24) is 0 Å². The molecule has 3 nitrogen and oxygen atoms in total. The highest BCUT2D eigenvalue weighted by molar-refractivity contribution is 5.94. The second-order valence-electron chi connectivity index (χ2n) is 4.46. The number of hydrogen-bond donors (Lipinski definition) is 2. The molecule has 0 bridgehead atoms. The maximum absolute atomic E-state index is 12.5. The van der Waals surface area contributed by atoms with Crippen LogP contribution in [0.3, 0.4) is 0 Å². The van der Waals surface area contributed by atoms with E-state index < -0.39 is 11.7 Å². The van der Waals surface area contributed by atoms with Gasteiger partial charge in [0.05, 0.1) is 11.5 Å². The third-order valence-corrected chi connectivity index (χ3v) is 2.91. The van der Waals surface area contributed by atoms with Crippen molar-refractivity contribution in [3.05, 3.63) is 42.0 Å². The molecule has 102 valence electrons. The summed E-state index contributed by atoms with van der Waals surface area (Å²) in [6.07, 6.45) is -0.550. The summed E-state index contributed by atoms with van der Waals surface area (Å²) in [7, 11) is 0. The van der Waals surface area contributed by atoms with Crippen LogP contribution < -0.4 is 11.1 Å². The van der Waals surface area contributed by atoms with Gasteiger partial charge in [-0.25, -0.2) is 0 Å². The van der Waals surface area contributed by atoms with Gasteiger partial charge < -0.3 is 11.1 Å². The Hall–Kier alpha value is -1.82. The molecule has 0 heterocycles. The van der Waals surface area contributed by atoms with Crippen molar-refractivity contribution >= 4 is 11.6 Å². The van der Waals surface area contributed by atoms with Crippen molar-refractivity contribution in [3.63, 3.8) is 0 Å². The first-order valence-corrected chi connectivity index (χ1v) is 5.78. The first kappa shape index (κ1) is 13.6. The van der Waals surface area contributed by atoms with Gasteiger partial charge in [0.15, 0.2) is 0 Å². The lowest BCUT2D eigenvalue weighted by Crippen LogP contribution is -2.24. The number of hydrogen-bond acceptors (Lipinski definition) is 2. The molecule has 0 saturated carbocycles. The molecule has 2 atom stereocenters. The molecule has 0 aliphatic heterocycles. The normalized spacial score (nSPS) is 22.5. The van der Waals surface area contributed by atoms with Crippen molar-refractivity contribution in [2.45, 2.75) is 18.6 Å². The average Bonchev–Trinajstić information content (AvgIpc) is 2.75. The number of amides is 1. The Balaban J connectivity index is 2.07. The molecule has 1 aliphatic rings. The maximum atomic E-state index is 12.5. The summed E-state index contributed by atoms with van der Waals surface area (Å²) in [5.41, 5.74) is 4.97. The fraction of sp³-hybridized carbons (Fsp3) is 0.308. The van der Waals surface area contributed by atoms with Crippen LogP contribution in [-0.4, -0.2) is 11.9 Å². The zero-order valence-electron chi connectivity index (χ0n) is 9.95. The third kappa shape index (κ3) is 3.35. The second-order valence-corrected chi connectivity index (χ2v) is 4.46. The van der Waals surface area contributed by atoms with Gasteiger partial charge in [-0.3, -0.25) is 4.79 Å². The van der Waals surface area contributed by atoms with E-state index in [1.54, 1.807) is 12.2 Å². The topological polar surface area (TPSA) is 55.1 Å². The van der Waals surface area contributed by atoms with E-state index >= 15 is 0 Å². The van der Waals surface area contributed by atoms with Gasteiger partial charge in [-0.1, -0.05) is 18.2 Å². The van der Waals surface area contributed by atoms with E-state index in [1.807, 2.05) is 0 Å². The number of nitrogens with one attached hydrogen (secondary N) is 1. The zero-order valence-corrected chi connectivity index (χ0v) is 9.95. The van der Waals surface area contributed by atoms with Crippen LogP contribution in [0.4, 0.5) is 18.9 Å². The molecule has 3 N–H and O–H groups in total. The predicted octanol–water partition coefficient (Wildman–Crippen LogP) is 2.55. The minimum Gasteiger partial charge on any atom is -0.326 e. The Morgan fingerprint density at radius 2 is 2.05 bits per heavy atom. The lowest BCUT2D eigenvalue weighted by molar-refractivity contribution is -0.137. The molecule has 1 aromatic carbocycles. The van der Waals surface area contributed by atoms with Crippen LogP contribution in [0.25, 0.3) is 0 Å². The van der Waals surface area contributed by atoms with Crippen molar-refractivity contribution in [2.24, 2.45) is 11.7 Å². The lowest BCUT2D eigenvalue weighted by atomic mass is 10.1. The van der Waals surface area contributed by atoms with Gasteiger partial charge in [-0.2, -0.15) is 13.2 Å². The number of benzene rings is 1. The summed E-state index contributed by atoms with van der Waals surface area (Å²) in [6.45, 7) is 0. The molecular formula is C13H13F3N2O. The van der Waals surface area contributed by atoms with E-state index in [1.165, 1.54) is 12.1 Å². The lowest BCUT2D eigenvalue weighted by Gasteiger charge is -2.12. The van der Waals surface area contributed by atoms with Crippen LogP contribution >= 0.6 is 0 Å². The number of halogens is 3. The molecular weight excluding hydrogens is 257 g/mol. The van der Waals surface area contributed by atoms with Crippen molar-refractivity contribution in [1.29, 1.82) is 0 Å². The van der Waals surface area contributed by atoms with Crippen LogP contribution in [0.15, 0.2) is 36.4 Å². The fourth-order valence-electron chi connectivity index (χ4n) is 1.93. The van der Waals surface area contributed by atoms with Gasteiger partial charge in [-0.15, -0.1) is 0 Å². The molecule has 0 aromatic heterocycles. The van der Waals surface area contributed by atoms with Gasteiger partial charge in [-0.05, 0) is 24.6 Å².